The first-order chi connectivity index (χ1) is 9.99. The van der Waals surface area contributed by atoms with E-state index >= 15 is 0 Å². The van der Waals surface area contributed by atoms with E-state index < -0.39 is 0 Å². The first-order valence-corrected chi connectivity index (χ1v) is 7.15. The van der Waals surface area contributed by atoms with Crippen molar-refractivity contribution in [2.75, 3.05) is 20.6 Å². The fourth-order valence-electron chi connectivity index (χ4n) is 2.25. The van der Waals surface area contributed by atoms with E-state index in [0.717, 1.165) is 17.3 Å². The topological polar surface area (TPSA) is 58.1 Å². The van der Waals surface area contributed by atoms with Gasteiger partial charge in [0.1, 0.15) is 0 Å². The summed E-state index contributed by atoms with van der Waals surface area (Å²) in [4.78, 5) is 14.6. The molecule has 0 bridgehead atoms. The summed E-state index contributed by atoms with van der Waals surface area (Å²) in [6, 6.07) is 7.73. The molecule has 2 rings (SSSR count). The van der Waals surface area contributed by atoms with Gasteiger partial charge in [-0.2, -0.15) is 5.10 Å². The van der Waals surface area contributed by atoms with Crippen molar-refractivity contribution >= 4 is 16.7 Å². The van der Waals surface area contributed by atoms with Crippen LogP contribution in [0.5, 0.6) is 0 Å². The SMILES string of the molecule is CC(C)C(CN(C)C)NC(=O)c1nncc2ccccc12. The predicted octanol–water partition coefficient (Wildman–Crippen LogP) is 1.95. The lowest BCUT2D eigenvalue weighted by atomic mass is 10.0. The molecule has 0 aliphatic carbocycles. The van der Waals surface area contributed by atoms with E-state index in [4.69, 9.17) is 0 Å². The number of hydrogen-bond donors (Lipinski definition) is 1. The Bertz CT molecular complexity index is 619. The normalized spacial score (nSPS) is 12.9. The van der Waals surface area contributed by atoms with Crippen molar-refractivity contribution in [1.82, 2.24) is 20.4 Å². The lowest BCUT2D eigenvalue weighted by Gasteiger charge is -2.25. The van der Waals surface area contributed by atoms with Gasteiger partial charge in [-0.25, -0.2) is 0 Å². The fourth-order valence-corrected chi connectivity index (χ4v) is 2.25. The maximum absolute atomic E-state index is 12.5. The molecule has 1 N–H and O–H groups in total. The number of aromatic nitrogens is 2. The smallest absolute Gasteiger partial charge is 0.272 e. The minimum atomic E-state index is -0.167. The summed E-state index contributed by atoms with van der Waals surface area (Å²) >= 11 is 0. The lowest BCUT2D eigenvalue weighted by molar-refractivity contribution is 0.0912. The Labute approximate surface area is 125 Å². The molecule has 1 aromatic carbocycles. The third-order valence-corrected chi connectivity index (χ3v) is 3.47. The van der Waals surface area contributed by atoms with E-state index in [0.29, 0.717) is 11.6 Å². The molecule has 0 fully saturated rings. The van der Waals surface area contributed by atoms with Gasteiger partial charge >= 0.3 is 0 Å². The number of hydrogen-bond acceptors (Lipinski definition) is 4. The minimum absolute atomic E-state index is 0.0771. The molecule has 0 aliphatic rings. The van der Waals surface area contributed by atoms with Gasteiger partial charge < -0.3 is 10.2 Å². The van der Waals surface area contributed by atoms with Crippen LogP contribution in [-0.2, 0) is 0 Å². The van der Waals surface area contributed by atoms with Gasteiger partial charge in [0.05, 0.1) is 6.20 Å². The summed E-state index contributed by atoms with van der Waals surface area (Å²) in [5, 5.41) is 12.8. The maximum Gasteiger partial charge on any atom is 0.272 e. The highest BCUT2D eigenvalue weighted by atomic mass is 16.2. The Morgan fingerprint density at radius 2 is 2.00 bits per heavy atom. The van der Waals surface area contributed by atoms with Gasteiger partial charge in [-0.15, -0.1) is 5.10 Å². The van der Waals surface area contributed by atoms with Crippen LogP contribution in [0, 0.1) is 5.92 Å². The van der Waals surface area contributed by atoms with Crippen molar-refractivity contribution < 1.29 is 4.79 Å². The van der Waals surface area contributed by atoms with E-state index in [1.807, 2.05) is 38.4 Å². The van der Waals surface area contributed by atoms with Gasteiger partial charge in [0.2, 0.25) is 0 Å². The lowest BCUT2D eigenvalue weighted by Crippen LogP contribution is -2.45. The summed E-state index contributed by atoms with van der Waals surface area (Å²) in [5.41, 5.74) is 0.387. The Morgan fingerprint density at radius 1 is 1.29 bits per heavy atom. The van der Waals surface area contributed by atoms with Crippen molar-refractivity contribution in [3.63, 3.8) is 0 Å². The molecule has 21 heavy (non-hydrogen) atoms. The molecule has 5 nitrogen and oxygen atoms in total. The summed E-state index contributed by atoms with van der Waals surface area (Å²) in [6.45, 7) is 4.99. The molecule has 0 saturated heterocycles. The molecule has 112 valence electrons. The van der Waals surface area contributed by atoms with Crippen LogP contribution >= 0.6 is 0 Å². The largest absolute Gasteiger partial charge is 0.346 e. The van der Waals surface area contributed by atoms with Crippen molar-refractivity contribution in [2.24, 2.45) is 5.92 Å². The highest BCUT2D eigenvalue weighted by molar-refractivity contribution is 6.04. The monoisotopic (exact) mass is 286 g/mol. The van der Waals surface area contributed by atoms with Gasteiger partial charge in [-0.1, -0.05) is 38.1 Å². The number of nitrogens with one attached hydrogen (secondary N) is 1. The number of rotatable bonds is 5. The average molecular weight is 286 g/mol. The molecule has 1 amide bonds. The van der Waals surface area contributed by atoms with E-state index in [1.54, 1.807) is 6.20 Å². The van der Waals surface area contributed by atoms with Crippen molar-refractivity contribution in [3.8, 4) is 0 Å². The number of amides is 1. The van der Waals surface area contributed by atoms with Gasteiger partial charge in [0.25, 0.3) is 5.91 Å². The van der Waals surface area contributed by atoms with E-state index in [2.05, 4.69) is 34.3 Å². The summed E-state index contributed by atoms with van der Waals surface area (Å²) in [5.74, 6) is 0.180. The number of carbonyl (C=O) groups is 1. The zero-order valence-electron chi connectivity index (χ0n) is 13.0. The Hall–Kier alpha value is -2.01. The van der Waals surface area contributed by atoms with Crippen LogP contribution in [0.15, 0.2) is 30.5 Å². The van der Waals surface area contributed by atoms with E-state index in [1.165, 1.54) is 0 Å². The molecule has 0 radical (unpaired) electrons. The third kappa shape index (κ3) is 3.76. The van der Waals surface area contributed by atoms with Gasteiger partial charge in [0, 0.05) is 23.4 Å². The van der Waals surface area contributed by atoms with Gasteiger partial charge in [0.15, 0.2) is 5.69 Å². The van der Waals surface area contributed by atoms with Crippen LogP contribution in [-0.4, -0.2) is 47.7 Å². The number of benzene rings is 1. The minimum Gasteiger partial charge on any atom is -0.346 e. The number of likely N-dealkylation sites (N-methyl/N-ethyl adjacent to an activating group) is 1. The third-order valence-electron chi connectivity index (χ3n) is 3.47. The van der Waals surface area contributed by atoms with Crippen molar-refractivity contribution in [1.29, 1.82) is 0 Å². The molecule has 2 aromatic rings. The first-order valence-electron chi connectivity index (χ1n) is 7.15. The number of nitrogens with zero attached hydrogens (tertiary/aromatic N) is 3. The van der Waals surface area contributed by atoms with E-state index in [9.17, 15) is 4.79 Å². The highest BCUT2D eigenvalue weighted by Crippen LogP contribution is 2.15. The second kappa shape index (κ2) is 6.63. The molecular weight excluding hydrogens is 264 g/mol. The molecule has 0 saturated carbocycles. The highest BCUT2D eigenvalue weighted by Gasteiger charge is 2.20. The zero-order valence-corrected chi connectivity index (χ0v) is 13.0. The molecule has 1 atom stereocenters. The quantitative estimate of drug-likeness (QED) is 0.912. The van der Waals surface area contributed by atoms with Crippen LogP contribution in [0.1, 0.15) is 24.3 Å². The summed E-state index contributed by atoms with van der Waals surface area (Å²) in [6.07, 6.45) is 1.67. The van der Waals surface area contributed by atoms with Crippen LogP contribution in [0.2, 0.25) is 0 Å². The van der Waals surface area contributed by atoms with Gasteiger partial charge in [-0.05, 0) is 20.0 Å². The fraction of sp³-hybridized carbons (Fsp3) is 0.438. The molecule has 5 heteroatoms. The number of fused-ring (bicyclic) bond motifs is 1. The van der Waals surface area contributed by atoms with Crippen molar-refractivity contribution in [3.05, 3.63) is 36.2 Å². The molecular formula is C16H22N4O. The average Bonchev–Trinajstić information content (AvgIpc) is 2.45. The standard InChI is InChI=1S/C16H22N4O/c1-11(2)14(10-20(3)4)18-16(21)15-13-8-6-5-7-12(13)9-17-19-15/h5-9,11,14H,10H2,1-4H3,(H,18,21). The first kappa shape index (κ1) is 15.4. The second-order valence-corrected chi connectivity index (χ2v) is 5.87. The predicted molar refractivity (Wildman–Crippen MR) is 84.2 cm³/mol. The number of carbonyl (C=O) groups excluding carboxylic acids is 1. The van der Waals surface area contributed by atoms with Crippen LogP contribution < -0.4 is 5.32 Å². The van der Waals surface area contributed by atoms with Crippen LogP contribution in [0.25, 0.3) is 10.8 Å². The molecule has 1 unspecified atom stereocenters. The Morgan fingerprint density at radius 3 is 2.67 bits per heavy atom. The van der Waals surface area contributed by atoms with Gasteiger partial charge in [-0.3, -0.25) is 4.79 Å². The maximum atomic E-state index is 12.5. The van der Waals surface area contributed by atoms with Crippen LogP contribution in [0.4, 0.5) is 0 Å². The Kier molecular flexibility index (Phi) is 4.85. The zero-order chi connectivity index (χ0) is 15.4. The second-order valence-electron chi connectivity index (χ2n) is 5.87. The molecule has 0 aliphatic heterocycles. The molecule has 0 spiro atoms. The summed E-state index contributed by atoms with van der Waals surface area (Å²) in [7, 11) is 4.00. The van der Waals surface area contributed by atoms with E-state index in [-0.39, 0.29) is 11.9 Å². The van der Waals surface area contributed by atoms with Crippen molar-refractivity contribution in [2.45, 2.75) is 19.9 Å². The molecule has 1 heterocycles. The Balaban J connectivity index is 2.25. The van der Waals surface area contributed by atoms with Crippen LogP contribution in [0.3, 0.4) is 0 Å². The molecule has 1 aromatic heterocycles. The summed E-state index contributed by atoms with van der Waals surface area (Å²) < 4.78 is 0.